The lowest BCUT2D eigenvalue weighted by atomic mass is 9.96. The number of alkyl halides is 1. The van der Waals surface area contributed by atoms with Gasteiger partial charge in [-0.1, -0.05) is 19.9 Å². The molecule has 14 heavy (non-hydrogen) atoms. The first-order chi connectivity index (χ1) is 6.56. The van der Waals surface area contributed by atoms with Crippen LogP contribution in [0, 0.1) is 5.82 Å². The van der Waals surface area contributed by atoms with Crippen molar-refractivity contribution in [3.8, 4) is 0 Å². The first kappa shape index (κ1) is 12.0. The van der Waals surface area contributed by atoms with Gasteiger partial charge in [0.1, 0.15) is 5.82 Å². The first-order valence-corrected chi connectivity index (χ1v) is 5.88. The average Bonchev–Trinajstić information content (AvgIpc) is 2.20. The Morgan fingerprint density at radius 3 is 2.64 bits per heavy atom. The average molecular weight is 280 g/mol. The maximum atomic E-state index is 13.0. The summed E-state index contributed by atoms with van der Waals surface area (Å²) in [6, 6.07) is 5.05. The molecule has 0 bridgehead atoms. The van der Waals surface area contributed by atoms with Gasteiger partial charge < -0.3 is 0 Å². The number of rotatable bonds is 3. The summed E-state index contributed by atoms with van der Waals surface area (Å²) in [6.07, 6.45) is 0.914. The molecule has 1 aromatic rings. The van der Waals surface area contributed by atoms with Gasteiger partial charge in [0.05, 0.1) is 4.47 Å². The van der Waals surface area contributed by atoms with Gasteiger partial charge in [-0.3, -0.25) is 0 Å². The van der Waals surface area contributed by atoms with Crippen molar-refractivity contribution in [1.29, 1.82) is 0 Å². The van der Waals surface area contributed by atoms with Gasteiger partial charge in [0.15, 0.2) is 0 Å². The molecule has 0 saturated carbocycles. The molecule has 1 rings (SSSR count). The Morgan fingerprint density at radius 1 is 1.50 bits per heavy atom. The molecule has 2 unspecified atom stereocenters. The zero-order valence-corrected chi connectivity index (χ0v) is 10.6. The molecule has 2 atom stereocenters. The molecule has 0 aliphatic rings. The number of benzene rings is 1. The van der Waals surface area contributed by atoms with Gasteiger partial charge in [0, 0.05) is 5.38 Å². The summed E-state index contributed by atoms with van der Waals surface area (Å²) in [5, 5.41) is 0.104. The van der Waals surface area contributed by atoms with Crippen LogP contribution < -0.4 is 0 Å². The highest BCUT2D eigenvalue weighted by Gasteiger charge is 2.15. The third-order valence-electron chi connectivity index (χ3n) is 2.40. The molecule has 0 spiro atoms. The summed E-state index contributed by atoms with van der Waals surface area (Å²) >= 11 is 9.30. The molecular weight excluding hydrogens is 266 g/mol. The Kier molecular flexibility index (Phi) is 4.39. The van der Waals surface area contributed by atoms with E-state index in [2.05, 4.69) is 22.9 Å². The second-order valence-electron chi connectivity index (χ2n) is 3.39. The van der Waals surface area contributed by atoms with Crippen LogP contribution in [0.4, 0.5) is 4.39 Å². The fourth-order valence-electron chi connectivity index (χ4n) is 1.36. The van der Waals surface area contributed by atoms with Crippen LogP contribution in [0.1, 0.15) is 31.7 Å². The van der Waals surface area contributed by atoms with Crippen LogP contribution in [0.2, 0.25) is 0 Å². The van der Waals surface area contributed by atoms with Crippen molar-refractivity contribution in [1.82, 2.24) is 0 Å². The molecule has 3 heteroatoms. The number of hydrogen-bond donors (Lipinski definition) is 0. The quantitative estimate of drug-likeness (QED) is 0.703. The molecule has 1 aromatic carbocycles. The second kappa shape index (κ2) is 5.13. The lowest BCUT2D eigenvalue weighted by molar-refractivity contribution is 0.616. The number of halogens is 3. The van der Waals surface area contributed by atoms with E-state index in [1.807, 2.05) is 6.92 Å². The highest BCUT2D eigenvalue weighted by atomic mass is 79.9. The van der Waals surface area contributed by atoms with Crippen LogP contribution in [0.25, 0.3) is 0 Å². The molecule has 78 valence electrons. The smallest absolute Gasteiger partial charge is 0.137 e. The van der Waals surface area contributed by atoms with Gasteiger partial charge in [-0.25, -0.2) is 4.39 Å². The third-order valence-corrected chi connectivity index (χ3v) is 3.70. The van der Waals surface area contributed by atoms with E-state index in [1.165, 1.54) is 6.07 Å². The van der Waals surface area contributed by atoms with E-state index in [9.17, 15) is 4.39 Å². The van der Waals surface area contributed by atoms with Crippen molar-refractivity contribution in [3.63, 3.8) is 0 Å². The molecule has 0 aliphatic carbocycles. The molecule has 0 N–H and O–H groups in total. The molecule has 0 fully saturated rings. The van der Waals surface area contributed by atoms with E-state index in [0.717, 1.165) is 12.0 Å². The van der Waals surface area contributed by atoms with Gasteiger partial charge in [0.25, 0.3) is 0 Å². The van der Waals surface area contributed by atoms with Gasteiger partial charge in [-0.05, 0) is 46.0 Å². The van der Waals surface area contributed by atoms with Crippen molar-refractivity contribution in [2.24, 2.45) is 0 Å². The lowest BCUT2D eigenvalue weighted by Crippen LogP contribution is -2.08. The Balaban J connectivity index is 2.91. The zero-order chi connectivity index (χ0) is 10.7. The lowest BCUT2D eigenvalue weighted by Gasteiger charge is -2.17. The topological polar surface area (TPSA) is 0 Å². The fraction of sp³-hybridized carbons (Fsp3) is 0.455. The van der Waals surface area contributed by atoms with Gasteiger partial charge in [-0.15, -0.1) is 11.6 Å². The van der Waals surface area contributed by atoms with Crippen LogP contribution in [-0.4, -0.2) is 5.38 Å². The molecule has 0 amide bonds. The van der Waals surface area contributed by atoms with E-state index < -0.39 is 0 Å². The minimum absolute atomic E-state index is 0.104. The Morgan fingerprint density at radius 2 is 2.14 bits per heavy atom. The van der Waals surface area contributed by atoms with E-state index in [4.69, 9.17) is 11.6 Å². The summed E-state index contributed by atoms with van der Waals surface area (Å²) in [5.41, 5.74) is 1.07. The summed E-state index contributed by atoms with van der Waals surface area (Å²) in [6.45, 7) is 4.10. The highest BCUT2D eigenvalue weighted by Crippen LogP contribution is 2.28. The standard InChI is InChI=1S/C11H13BrClF/c1-3-10(13)7(2)8-4-5-11(14)9(12)6-8/h4-7,10H,3H2,1-2H3. The molecular formula is C11H13BrClF. The molecule has 0 heterocycles. The minimum atomic E-state index is -0.233. The van der Waals surface area contributed by atoms with Crippen LogP contribution in [0.15, 0.2) is 22.7 Å². The van der Waals surface area contributed by atoms with Crippen molar-refractivity contribution in [3.05, 3.63) is 34.1 Å². The fourth-order valence-corrected chi connectivity index (χ4v) is 1.90. The monoisotopic (exact) mass is 278 g/mol. The highest BCUT2D eigenvalue weighted by molar-refractivity contribution is 9.10. The van der Waals surface area contributed by atoms with Crippen LogP contribution >= 0.6 is 27.5 Å². The van der Waals surface area contributed by atoms with Crippen LogP contribution in [0.5, 0.6) is 0 Å². The van der Waals surface area contributed by atoms with E-state index in [-0.39, 0.29) is 17.1 Å². The maximum absolute atomic E-state index is 13.0. The first-order valence-electron chi connectivity index (χ1n) is 4.65. The van der Waals surface area contributed by atoms with E-state index in [0.29, 0.717) is 4.47 Å². The predicted octanol–water partition coefficient (Wildman–Crippen LogP) is 4.71. The van der Waals surface area contributed by atoms with Crippen molar-refractivity contribution in [2.75, 3.05) is 0 Å². The molecule has 0 nitrogen and oxygen atoms in total. The number of hydrogen-bond acceptors (Lipinski definition) is 0. The predicted molar refractivity (Wildman–Crippen MR) is 62.4 cm³/mol. The van der Waals surface area contributed by atoms with Gasteiger partial charge in [0.2, 0.25) is 0 Å². The van der Waals surface area contributed by atoms with E-state index in [1.54, 1.807) is 12.1 Å². The minimum Gasteiger partial charge on any atom is -0.206 e. The summed E-state index contributed by atoms with van der Waals surface area (Å²) in [5.74, 6) is 0.0159. The van der Waals surface area contributed by atoms with Gasteiger partial charge >= 0.3 is 0 Å². The van der Waals surface area contributed by atoms with Gasteiger partial charge in [-0.2, -0.15) is 0 Å². The largest absolute Gasteiger partial charge is 0.206 e. The normalized spacial score (nSPS) is 15.2. The molecule has 0 radical (unpaired) electrons. The summed E-state index contributed by atoms with van der Waals surface area (Å²) in [7, 11) is 0. The Labute approximate surface area is 97.6 Å². The third kappa shape index (κ3) is 2.71. The summed E-state index contributed by atoms with van der Waals surface area (Å²) in [4.78, 5) is 0. The van der Waals surface area contributed by atoms with Crippen LogP contribution in [-0.2, 0) is 0 Å². The zero-order valence-electron chi connectivity index (χ0n) is 8.23. The molecule has 0 aromatic heterocycles. The molecule has 0 aliphatic heterocycles. The maximum Gasteiger partial charge on any atom is 0.137 e. The van der Waals surface area contributed by atoms with E-state index >= 15 is 0 Å². The molecule has 0 saturated heterocycles. The van der Waals surface area contributed by atoms with Crippen molar-refractivity contribution < 1.29 is 4.39 Å². The van der Waals surface area contributed by atoms with Crippen molar-refractivity contribution in [2.45, 2.75) is 31.6 Å². The summed E-state index contributed by atoms with van der Waals surface area (Å²) < 4.78 is 13.5. The van der Waals surface area contributed by atoms with Crippen LogP contribution in [0.3, 0.4) is 0 Å². The Bertz CT molecular complexity index is 314. The second-order valence-corrected chi connectivity index (χ2v) is 4.80. The van der Waals surface area contributed by atoms with Crippen molar-refractivity contribution >= 4 is 27.5 Å². The Hall–Kier alpha value is -0.0800. The SMILES string of the molecule is CCC(Cl)C(C)c1ccc(F)c(Br)c1.